The molecule has 9 heteroatoms. The molecule has 182 valence electrons. The van der Waals surface area contributed by atoms with E-state index >= 15 is 0 Å². The Hall–Kier alpha value is -3.33. The van der Waals surface area contributed by atoms with Crippen LogP contribution in [0.5, 0.6) is 0 Å². The van der Waals surface area contributed by atoms with Crippen molar-refractivity contribution in [2.75, 3.05) is 13.4 Å². The number of thiazole rings is 1. The molecule has 36 heavy (non-hydrogen) atoms. The third kappa shape index (κ3) is 4.36. The number of aromatic nitrogens is 1. The summed E-state index contributed by atoms with van der Waals surface area (Å²) in [6, 6.07) is 18.2. The average molecular weight is 537 g/mol. The van der Waals surface area contributed by atoms with Crippen LogP contribution >= 0.6 is 34.7 Å². The molecule has 1 aliphatic heterocycles. The van der Waals surface area contributed by atoms with E-state index in [-0.39, 0.29) is 5.56 Å². The third-order valence-corrected chi connectivity index (χ3v) is 7.95. The van der Waals surface area contributed by atoms with Crippen LogP contribution in [0.1, 0.15) is 24.3 Å². The summed E-state index contributed by atoms with van der Waals surface area (Å²) in [6.07, 6.45) is 3.68. The zero-order chi connectivity index (χ0) is 25.4. The average Bonchev–Trinajstić information content (AvgIpc) is 3.47. The van der Waals surface area contributed by atoms with Gasteiger partial charge in [-0.1, -0.05) is 47.2 Å². The predicted octanol–water partition coefficient (Wildman–Crippen LogP) is 5.04. The molecular weight excluding hydrogens is 516 g/mol. The van der Waals surface area contributed by atoms with Crippen LogP contribution in [0.4, 0.5) is 0 Å². The van der Waals surface area contributed by atoms with Crippen LogP contribution in [0, 0.1) is 0 Å². The molecule has 2 aromatic carbocycles. The van der Waals surface area contributed by atoms with Gasteiger partial charge in [-0.25, -0.2) is 9.79 Å². The summed E-state index contributed by atoms with van der Waals surface area (Å²) in [5, 5.41) is 0.580. The Morgan fingerprint density at radius 3 is 2.61 bits per heavy atom. The second kappa shape index (κ2) is 9.97. The number of thioether (sulfide) groups is 1. The molecule has 1 aliphatic rings. The molecule has 0 spiro atoms. The molecule has 3 heterocycles. The van der Waals surface area contributed by atoms with Crippen LogP contribution in [0.25, 0.3) is 17.4 Å². The molecule has 0 saturated carbocycles. The molecule has 5 rings (SSSR count). The highest BCUT2D eigenvalue weighted by molar-refractivity contribution is 7.98. The molecule has 0 aliphatic carbocycles. The van der Waals surface area contributed by atoms with Crippen LogP contribution < -0.4 is 14.9 Å². The van der Waals surface area contributed by atoms with Gasteiger partial charge in [-0.15, -0.1) is 11.8 Å². The topological polar surface area (TPSA) is 73.8 Å². The molecular formula is C27H21ClN2O4S2. The van der Waals surface area contributed by atoms with Gasteiger partial charge in [0.2, 0.25) is 0 Å². The fourth-order valence-corrected chi connectivity index (χ4v) is 5.82. The van der Waals surface area contributed by atoms with E-state index < -0.39 is 12.0 Å². The summed E-state index contributed by atoms with van der Waals surface area (Å²) in [6.45, 7) is 1.76. The van der Waals surface area contributed by atoms with E-state index in [1.807, 2.05) is 54.8 Å². The van der Waals surface area contributed by atoms with Gasteiger partial charge in [0.15, 0.2) is 4.80 Å². The molecule has 4 aromatic rings. The lowest BCUT2D eigenvalue weighted by atomic mass is 9.96. The van der Waals surface area contributed by atoms with E-state index in [0.29, 0.717) is 37.1 Å². The standard InChI is InChI=1S/C27H21ClN2O4S2/c1-15-23(26(32)33-2)24(16-8-11-18(35-3)12-9-16)30-25(31)22(36-27(30)29-15)14-17-10-13-21(34-17)19-6-4-5-7-20(19)28/h4-14,24H,1-3H3/b22-14+. The Kier molecular flexibility index (Phi) is 6.75. The second-order valence-electron chi connectivity index (χ2n) is 8.03. The molecule has 6 nitrogen and oxygen atoms in total. The van der Waals surface area contributed by atoms with E-state index in [0.717, 1.165) is 16.0 Å². The van der Waals surface area contributed by atoms with Gasteiger partial charge in [-0.2, -0.15) is 0 Å². The Labute approximate surface area is 220 Å². The fraction of sp³-hybridized carbons (Fsp3) is 0.148. The Morgan fingerprint density at radius 2 is 1.92 bits per heavy atom. The zero-order valence-electron chi connectivity index (χ0n) is 19.7. The molecule has 0 bridgehead atoms. The van der Waals surface area contributed by atoms with Crippen LogP contribution in [0.2, 0.25) is 5.02 Å². The SMILES string of the molecule is COC(=O)C1=C(C)N=c2s/c(=C/c3ccc(-c4ccccc4Cl)o3)c(=O)n2C1c1ccc(SC)cc1. The minimum atomic E-state index is -0.651. The van der Waals surface area contributed by atoms with Crippen LogP contribution in [0.15, 0.2) is 91.0 Å². The maximum absolute atomic E-state index is 13.7. The van der Waals surface area contributed by atoms with Gasteiger partial charge >= 0.3 is 5.97 Å². The summed E-state index contributed by atoms with van der Waals surface area (Å²) >= 11 is 9.17. The molecule has 2 aromatic heterocycles. The minimum absolute atomic E-state index is 0.262. The van der Waals surface area contributed by atoms with E-state index in [1.54, 1.807) is 41.5 Å². The first-order valence-electron chi connectivity index (χ1n) is 11.0. The lowest BCUT2D eigenvalue weighted by Gasteiger charge is -2.24. The van der Waals surface area contributed by atoms with Crippen LogP contribution in [-0.2, 0) is 9.53 Å². The van der Waals surface area contributed by atoms with E-state index in [4.69, 9.17) is 20.8 Å². The number of ether oxygens (including phenoxy) is 1. The number of rotatable bonds is 5. The number of esters is 1. The first kappa shape index (κ1) is 24.4. The minimum Gasteiger partial charge on any atom is -0.466 e. The lowest BCUT2D eigenvalue weighted by molar-refractivity contribution is -0.136. The molecule has 0 saturated heterocycles. The van der Waals surface area contributed by atoms with Gasteiger partial charge in [0.05, 0.1) is 34.0 Å². The summed E-state index contributed by atoms with van der Waals surface area (Å²) in [5.74, 6) is 0.607. The smallest absolute Gasteiger partial charge is 0.338 e. The van der Waals surface area contributed by atoms with Crippen LogP contribution in [0.3, 0.4) is 0 Å². The summed E-state index contributed by atoms with van der Waals surface area (Å²) in [7, 11) is 1.33. The number of benzene rings is 2. The van der Waals surface area contributed by atoms with Crippen molar-refractivity contribution in [3.63, 3.8) is 0 Å². The van der Waals surface area contributed by atoms with Crippen molar-refractivity contribution in [3.05, 3.63) is 108 Å². The van der Waals surface area contributed by atoms with Crippen molar-refractivity contribution < 1.29 is 13.9 Å². The molecule has 0 amide bonds. The van der Waals surface area contributed by atoms with Gasteiger partial charge in [0.25, 0.3) is 5.56 Å². The van der Waals surface area contributed by atoms with Crippen molar-refractivity contribution in [2.45, 2.75) is 17.9 Å². The molecule has 1 atom stereocenters. The molecule has 0 radical (unpaired) electrons. The number of allylic oxidation sites excluding steroid dienone is 1. The first-order valence-corrected chi connectivity index (χ1v) is 13.4. The van der Waals surface area contributed by atoms with Crippen molar-refractivity contribution in [2.24, 2.45) is 4.99 Å². The van der Waals surface area contributed by atoms with Gasteiger partial charge in [-0.05, 0) is 55.1 Å². The maximum Gasteiger partial charge on any atom is 0.338 e. The number of hydrogen-bond donors (Lipinski definition) is 0. The summed E-state index contributed by atoms with van der Waals surface area (Å²) < 4.78 is 13.0. The molecule has 1 unspecified atom stereocenters. The monoisotopic (exact) mass is 536 g/mol. The van der Waals surface area contributed by atoms with Gasteiger partial charge in [0.1, 0.15) is 11.5 Å². The van der Waals surface area contributed by atoms with E-state index in [2.05, 4.69) is 4.99 Å². The highest BCUT2D eigenvalue weighted by Gasteiger charge is 2.33. The Balaban J connectivity index is 1.65. The quantitative estimate of drug-likeness (QED) is 0.264. The third-order valence-electron chi connectivity index (χ3n) is 5.90. The molecule has 0 N–H and O–H groups in total. The predicted molar refractivity (Wildman–Crippen MR) is 143 cm³/mol. The van der Waals surface area contributed by atoms with Crippen molar-refractivity contribution in [1.82, 2.24) is 4.57 Å². The normalized spacial score (nSPS) is 15.6. The summed E-state index contributed by atoms with van der Waals surface area (Å²) in [4.78, 5) is 32.6. The second-order valence-corrected chi connectivity index (χ2v) is 10.3. The van der Waals surface area contributed by atoms with Crippen LogP contribution in [-0.4, -0.2) is 23.9 Å². The zero-order valence-corrected chi connectivity index (χ0v) is 22.0. The largest absolute Gasteiger partial charge is 0.466 e. The van der Waals surface area contributed by atoms with Gasteiger partial charge in [0, 0.05) is 16.5 Å². The summed E-state index contributed by atoms with van der Waals surface area (Å²) in [5.41, 5.74) is 2.17. The Morgan fingerprint density at radius 1 is 1.17 bits per heavy atom. The number of hydrogen-bond acceptors (Lipinski definition) is 7. The number of halogens is 1. The lowest BCUT2D eigenvalue weighted by Crippen LogP contribution is -2.39. The van der Waals surface area contributed by atoms with Crippen molar-refractivity contribution in [1.29, 1.82) is 0 Å². The van der Waals surface area contributed by atoms with Crippen molar-refractivity contribution >= 4 is 46.7 Å². The number of methoxy groups -OCH3 is 1. The maximum atomic E-state index is 13.7. The highest BCUT2D eigenvalue weighted by Crippen LogP contribution is 2.32. The Bertz CT molecular complexity index is 1680. The number of nitrogens with zero attached hydrogens (tertiary/aromatic N) is 2. The van der Waals surface area contributed by atoms with E-state index in [9.17, 15) is 9.59 Å². The number of fused-ring (bicyclic) bond motifs is 1. The van der Waals surface area contributed by atoms with E-state index in [1.165, 1.54) is 18.4 Å². The number of carbonyl (C=O) groups excluding carboxylic acids is 1. The number of furan rings is 1. The highest BCUT2D eigenvalue weighted by atomic mass is 35.5. The van der Waals surface area contributed by atoms with Gasteiger partial charge < -0.3 is 9.15 Å². The number of carbonyl (C=O) groups is 1. The van der Waals surface area contributed by atoms with Gasteiger partial charge in [-0.3, -0.25) is 9.36 Å². The molecule has 0 fully saturated rings. The first-order chi connectivity index (χ1) is 17.4. The fourth-order valence-electron chi connectivity index (χ4n) is 4.16. The van der Waals surface area contributed by atoms with Crippen molar-refractivity contribution in [3.8, 4) is 11.3 Å².